The van der Waals surface area contributed by atoms with Crippen LogP contribution in [0.2, 0.25) is 5.02 Å². The molecule has 1 amide bonds. The predicted molar refractivity (Wildman–Crippen MR) is 102 cm³/mol. The van der Waals surface area contributed by atoms with Crippen molar-refractivity contribution in [2.45, 2.75) is 50.7 Å². The number of esters is 1. The van der Waals surface area contributed by atoms with Crippen LogP contribution < -0.4 is 5.32 Å². The molecule has 150 valence electrons. The Morgan fingerprint density at radius 1 is 1.22 bits per heavy atom. The van der Waals surface area contributed by atoms with Crippen LogP contribution in [0, 0.1) is 5.92 Å². The molecule has 0 aromatic heterocycles. The molecule has 0 saturated carbocycles. The van der Waals surface area contributed by atoms with E-state index in [-0.39, 0.29) is 23.4 Å². The first-order chi connectivity index (χ1) is 12.6. The van der Waals surface area contributed by atoms with Gasteiger partial charge in [-0.3, -0.25) is 9.59 Å². The monoisotopic (exact) mass is 416 g/mol. The zero-order valence-electron chi connectivity index (χ0n) is 15.6. The summed E-state index contributed by atoms with van der Waals surface area (Å²) < 4.78 is 32.1. The molecule has 7 nitrogen and oxygen atoms in total. The molecule has 2 rings (SSSR count). The van der Waals surface area contributed by atoms with Gasteiger partial charge in [-0.25, -0.2) is 8.42 Å². The lowest BCUT2D eigenvalue weighted by Gasteiger charge is -2.31. The van der Waals surface area contributed by atoms with Gasteiger partial charge in [-0.05, 0) is 57.9 Å². The van der Waals surface area contributed by atoms with E-state index in [1.807, 2.05) is 13.8 Å². The number of carbonyl (C=O) groups is 2. The minimum atomic E-state index is -3.72. The van der Waals surface area contributed by atoms with Gasteiger partial charge in [-0.1, -0.05) is 11.6 Å². The Hall–Kier alpha value is -1.64. The third-order valence-corrected chi connectivity index (χ3v) is 6.39. The summed E-state index contributed by atoms with van der Waals surface area (Å²) in [4.78, 5) is 24.4. The largest absolute Gasteiger partial charge is 0.452 e. The lowest BCUT2D eigenvalue weighted by molar-refractivity contribution is -0.160. The third kappa shape index (κ3) is 5.67. The van der Waals surface area contributed by atoms with Crippen LogP contribution in [0.25, 0.3) is 0 Å². The fourth-order valence-corrected chi connectivity index (χ4v) is 4.48. The number of rotatable bonds is 6. The summed E-state index contributed by atoms with van der Waals surface area (Å²) in [6.07, 6.45) is 0.131. The number of nitrogens with zero attached hydrogens (tertiary/aromatic N) is 1. The van der Waals surface area contributed by atoms with E-state index in [4.69, 9.17) is 16.3 Å². The van der Waals surface area contributed by atoms with E-state index >= 15 is 0 Å². The molecule has 2 unspecified atom stereocenters. The molecular formula is C18H25ClN2O5S. The highest BCUT2D eigenvalue weighted by atomic mass is 35.5. The zero-order valence-corrected chi connectivity index (χ0v) is 17.2. The normalized spacial score (nSPS) is 19.5. The molecule has 1 aromatic rings. The van der Waals surface area contributed by atoms with Crippen molar-refractivity contribution in [2.24, 2.45) is 5.92 Å². The Balaban J connectivity index is 2.03. The van der Waals surface area contributed by atoms with Gasteiger partial charge < -0.3 is 10.1 Å². The number of sulfonamides is 1. The van der Waals surface area contributed by atoms with Gasteiger partial charge in [-0.2, -0.15) is 4.31 Å². The van der Waals surface area contributed by atoms with Gasteiger partial charge in [0.15, 0.2) is 6.10 Å². The van der Waals surface area contributed by atoms with Crippen molar-refractivity contribution in [3.8, 4) is 0 Å². The molecule has 0 spiro atoms. The highest BCUT2D eigenvalue weighted by molar-refractivity contribution is 7.89. The van der Waals surface area contributed by atoms with Crippen LogP contribution in [0.15, 0.2) is 29.2 Å². The highest BCUT2D eigenvalue weighted by Crippen LogP contribution is 2.25. The maximum atomic E-state index is 12.8. The van der Waals surface area contributed by atoms with Crippen molar-refractivity contribution in [3.63, 3.8) is 0 Å². The first-order valence-electron chi connectivity index (χ1n) is 8.88. The summed E-state index contributed by atoms with van der Waals surface area (Å²) in [6.45, 7) is 5.49. The fraction of sp³-hybridized carbons (Fsp3) is 0.556. The predicted octanol–water partition coefficient (Wildman–Crippen LogP) is 2.20. The van der Waals surface area contributed by atoms with Crippen LogP contribution in [0.5, 0.6) is 0 Å². The smallest absolute Gasteiger partial charge is 0.311 e. The number of nitrogens with one attached hydrogen (secondary N) is 1. The van der Waals surface area contributed by atoms with Crippen molar-refractivity contribution in [1.82, 2.24) is 9.62 Å². The zero-order chi connectivity index (χ0) is 20.2. The molecule has 1 aliphatic rings. The summed E-state index contributed by atoms with van der Waals surface area (Å²) in [7, 11) is -3.72. The average molecular weight is 417 g/mol. The Kier molecular flexibility index (Phi) is 7.25. The minimum absolute atomic E-state index is 0.0301. The second kappa shape index (κ2) is 9.03. The standard InChI is InChI=1S/C18H25ClN2O5S/c1-12(2)20-17(22)13(3)26-18(23)14-5-4-10-21(11-14)27(24,25)16-8-6-15(19)7-9-16/h6-9,12-14H,4-5,10-11H2,1-3H3,(H,20,22). The van der Waals surface area contributed by atoms with Gasteiger partial charge in [0.25, 0.3) is 5.91 Å². The summed E-state index contributed by atoms with van der Waals surface area (Å²) in [5, 5.41) is 3.12. The highest BCUT2D eigenvalue weighted by Gasteiger charge is 2.35. The van der Waals surface area contributed by atoms with E-state index in [9.17, 15) is 18.0 Å². The molecule has 1 aromatic carbocycles. The molecule has 1 aliphatic heterocycles. The molecule has 0 bridgehead atoms. The summed E-state index contributed by atoms with van der Waals surface area (Å²) >= 11 is 5.82. The quantitative estimate of drug-likeness (QED) is 0.717. The second-order valence-electron chi connectivity index (χ2n) is 6.90. The van der Waals surface area contributed by atoms with Crippen LogP contribution in [0.3, 0.4) is 0 Å². The summed E-state index contributed by atoms with van der Waals surface area (Å²) in [6, 6.07) is 5.85. The number of hydrogen-bond donors (Lipinski definition) is 1. The Labute approximate surface area is 165 Å². The fourth-order valence-electron chi connectivity index (χ4n) is 2.83. The van der Waals surface area contributed by atoms with E-state index in [0.717, 1.165) is 0 Å². The Morgan fingerprint density at radius 3 is 2.44 bits per heavy atom. The lowest BCUT2D eigenvalue weighted by atomic mass is 10.00. The first-order valence-corrected chi connectivity index (χ1v) is 10.7. The molecule has 27 heavy (non-hydrogen) atoms. The van der Waals surface area contributed by atoms with E-state index in [1.54, 1.807) is 0 Å². The number of hydrogen-bond acceptors (Lipinski definition) is 5. The maximum absolute atomic E-state index is 12.8. The van der Waals surface area contributed by atoms with Gasteiger partial charge in [0.2, 0.25) is 10.0 Å². The summed E-state index contributed by atoms with van der Waals surface area (Å²) in [5.41, 5.74) is 0. The molecule has 0 radical (unpaired) electrons. The van der Waals surface area contributed by atoms with Crippen molar-refractivity contribution >= 4 is 33.5 Å². The second-order valence-corrected chi connectivity index (χ2v) is 9.27. The van der Waals surface area contributed by atoms with Gasteiger partial charge >= 0.3 is 5.97 Å². The molecule has 1 heterocycles. The first kappa shape index (κ1) is 21.7. The molecular weight excluding hydrogens is 392 g/mol. The van der Waals surface area contributed by atoms with E-state index in [2.05, 4.69) is 5.32 Å². The average Bonchev–Trinajstić information content (AvgIpc) is 2.61. The van der Waals surface area contributed by atoms with Crippen LogP contribution in [-0.4, -0.2) is 49.8 Å². The molecule has 1 saturated heterocycles. The van der Waals surface area contributed by atoms with Crippen molar-refractivity contribution in [2.75, 3.05) is 13.1 Å². The Bertz CT molecular complexity index is 779. The lowest BCUT2D eigenvalue weighted by Crippen LogP contribution is -2.45. The van der Waals surface area contributed by atoms with Gasteiger partial charge in [-0.15, -0.1) is 0 Å². The number of piperidine rings is 1. The third-order valence-electron chi connectivity index (χ3n) is 4.26. The van der Waals surface area contributed by atoms with Gasteiger partial charge in [0, 0.05) is 24.2 Å². The van der Waals surface area contributed by atoms with Crippen LogP contribution in [-0.2, 0) is 24.3 Å². The number of ether oxygens (including phenoxy) is 1. The maximum Gasteiger partial charge on any atom is 0.311 e. The van der Waals surface area contributed by atoms with E-state index in [0.29, 0.717) is 24.4 Å². The molecule has 2 atom stereocenters. The molecule has 0 aliphatic carbocycles. The number of benzene rings is 1. The van der Waals surface area contributed by atoms with Crippen molar-refractivity contribution < 1.29 is 22.7 Å². The van der Waals surface area contributed by atoms with Crippen molar-refractivity contribution in [1.29, 1.82) is 0 Å². The van der Waals surface area contributed by atoms with Crippen LogP contribution >= 0.6 is 11.6 Å². The van der Waals surface area contributed by atoms with E-state index in [1.165, 1.54) is 35.5 Å². The molecule has 1 fully saturated rings. The number of amides is 1. The number of halogens is 1. The Morgan fingerprint density at radius 2 is 1.85 bits per heavy atom. The van der Waals surface area contributed by atoms with E-state index < -0.39 is 28.0 Å². The van der Waals surface area contributed by atoms with Gasteiger partial charge in [0.1, 0.15) is 0 Å². The molecule has 9 heteroatoms. The SMILES string of the molecule is CC(C)NC(=O)C(C)OC(=O)C1CCCN(S(=O)(=O)c2ccc(Cl)cc2)C1. The van der Waals surface area contributed by atoms with Crippen molar-refractivity contribution in [3.05, 3.63) is 29.3 Å². The minimum Gasteiger partial charge on any atom is -0.452 e. The molecule has 1 N–H and O–H groups in total. The van der Waals surface area contributed by atoms with Crippen LogP contribution in [0.1, 0.15) is 33.6 Å². The summed E-state index contributed by atoms with van der Waals surface area (Å²) in [5.74, 6) is -1.53. The van der Waals surface area contributed by atoms with Gasteiger partial charge in [0.05, 0.1) is 10.8 Å². The topological polar surface area (TPSA) is 92.8 Å². The van der Waals surface area contributed by atoms with Crippen LogP contribution in [0.4, 0.5) is 0 Å². The number of carbonyl (C=O) groups excluding carboxylic acids is 2.